The van der Waals surface area contributed by atoms with Crippen molar-refractivity contribution in [3.63, 3.8) is 0 Å². The number of thioether (sulfide) groups is 1. The van der Waals surface area contributed by atoms with E-state index in [0.717, 1.165) is 16.1 Å². The van der Waals surface area contributed by atoms with Gasteiger partial charge in [0.05, 0.1) is 10.3 Å². The Bertz CT molecular complexity index is 672. The number of urea groups is 1. The van der Waals surface area contributed by atoms with Crippen LogP contribution in [0.3, 0.4) is 0 Å². The lowest BCUT2D eigenvalue weighted by atomic mass is 10.1. The van der Waals surface area contributed by atoms with E-state index >= 15 is 0 Å². The van der Waals surface area contributed by atoms with E-state index in [9.17, 15) is 18.0 Å². The van der Waals surface area contributed by atoms with Crippen LogP contribution in [0.4, 0.5) is 4.79 Å². The van der Waals surface area contributed by atoms with Gasteiger partial charge < -0.3 is 5.73 Å². The monoisotopic (exact) mass is 360 g/mol. The fourth-order valence-electron chi connectivity index (χ4n) is 1.61. The summed E-state index contributed by atoms with van der Waals surface area (Å²) in [5, 5.41) is 1.94. The number of carbonyl (C=O) groups excluding carboxylic acids is 2. The first-order valence-corrected chi connectivity index (χ1v) is 9.03. The molecule has 0 fully saturated rings. The van der Waals surface area contributed by atoms with Gasteiger partial charge in [-0.1, -0.05) is 25.6 Å². The van der Waals surface area contributed by atoms with Gasteiger partial charge in [0.2, 0.25) is 15.9 Å². The Morgan fingerprint density at radius 3 is 2.30 bits per heavy atom. The molecule has 0 aliphatic carbocycles. The number of nitrogens with one attached hydrogen (secondary N) is 1. The summed E-state index contributed by atoms with van der Waals surface area (Å²) in [6, 6.07) is 2.03. The minimum absolute atomic E-state index is 0.0644. The highest BCUT2D eigenvalue weighted by Crippen LogP contribution is 2.27. The Balaban J connectivity index is 2.95. The van der Waals surface area contributed by atoms with Gasteiger partial charge in [0.25, 0.3) is 0 Å². The first-order valence-electron chi connectivity index (χ1n) is 6.71. The predicted molar refractivity (Wildman–Crippen MR) is 87.3 cm³/mol. The van der Waals surface area contributed by atoms with Crippen molar-refractivity contribution < 1.29 is 18.0 Å². The molecule has 1 atom stereocenters. The second kappa shape index (κ2) is 7.75. The summed E-state index contributed by atoms with van der Waals surface area (Å²) >= 11 is 1.14. The van der Waals surface area contributed by atoms with Crippen molar-refractivity contribution in [2.75, 3.05) is 14.1 Å². The number of pyridine rings is 1. The lowest BCUT2D eigenvalue weighted by Gasteiger charge is -2.18. The van der Waals surface area contributed by atoms with E-state index in [0.29, 0.717) is 5.03 Å². The van der Waals surface area contributed by atoms with E-state index in [2.05, 4.69) is 4.98 Å². The highest BCUT2D eigenvalue weighted by molar-refractivity contribution is 8.00. The third kappa shape index (κ3) is 5.19. The van der Waals surface area contributed by atoms with E-state index in [4.69, 9.17) is 5.73 Å². The molecule has 1 rings (SSSR count). The molecule has 0 aromatic carbocycles. The summed E-state index contributed by atoms with van der Waals surface area (Å²) in [5.41, 5.74) is 4.95. The molecule has 1 unspecified atom stereocenters. The Morgan fingerprint density at radius 1 is 1.30 bits per heavy atom. The summed E-state index contributed by atoms with van der Waals surface area (Å²) < 4.78 is 25.0. The fraction of sp³-hybridized carbons (Fsp3) is 0.462. The van der Waals surface area contributed by atoms with Crippen LogP contribution in [0.2, 0.25) is 0 Å². The smallest absolute Gasteiger partial charge is 0.318 e. The normalized spacial score (nSPS) is 13.1. The van der Waals surface area contributed by atoms with E-state index in [1.54, 1.807) is 0 Å². The number of carbonyl (C=O) groups is 2. The molecule has 1 heterocycles. The van der Waals surface area contributed by atoms with Crippen LogP contribution in [-0.4, -0.2) is 49.0 Å². The van der Waals surface area contributed by atoms with Gasteiger partial charge >= 0.3 is 6.03 Å². The molecule has 0 aliphatic heterocycles. The third-order valence-corrected chi connectivity index (χ3v) is 6.14. The Morgan fingerprint density at radius 2 is 1.91 bits per heavy atom. The molecule has 0 bridgehead atoms. The first-order chi connectivity index (χ1) is 10.6. The van der Waals surface area contributed by atoms with Crippen molar-refractivity contribution in [2.24, 2.45) is 11.7 Å². The fourth-order valence-corrected chi connectivity index (χ4v) is 3.42. The first kappa shape index (κ1) is 19.4. The van der Waals surface area contributed by atoms with Crippen LogP contribution in [0.1, 0.15) is 13.8 Å². The number of aromatic nitrogens is 1. The van der Waals surface area contributed by atoms with Crippen molar-refractivity contribution in [1.82, 2.24) is 14.6 Å². The van der Waals surface area contributed by atoms with Crippen molar-refractivity contribution in [3.05, 3.63) is 18.3 Å². The lowest BCUT2D eigenvalue weighted by Crippen LogP contribution is -2.42. The highest BCUT2D eigenvalue weighted by atomic mass is 32.2. The Labute approximate surface area is 139 Å². The molecule has 3 N–H and O–H groups in total. The number of rotatable bonds is 6. The minimum atomic E-state index is -3.55. The summed E-state index contributed by atoms with van der Waals surface area (Å²) in [7, 11) is -0.687. The topological polar surface area (TPSA) is 122 Å². The van der Waals surface area contributed by atoms with Gasteiger partial charge in [-0.3, -0.25) is 10.1 Å². The van der Waals surface area contributed by atoms with Gasteiger partial charge in [-0.05, 0) is 18.1 Å². The molecule has 10 heteroatoms. The highest BCUT2D eigenvalue weighted by Gasteiger charge is 2.25. The van der Waals surface area contributed by atoms with Crippen LogP contribution in [0.15, 0.2) is 28.3 Å². The molecule has 1 aromatic heterocycles. The van der Waals surface area contributed by atoms with Gasteiger partial charge in [0.15, 0.2) is 0 Å². The average Bonchev–Trinajstić information content (AvgIpc) is 2.43. The van der Waals surface area contributed by atoms with Crippen molar-refractivity contribution >= 4 is 33.7 Å². The number of amides is 3. The van der Waals surface area contributed by atoms with Crippen LogP contribution in [0.25, 0.3) is 0 Å². The summed E-state index contributed by atoms with van der Waals surface area (Å²) in [4.78, 5) is 26.9. The van der Waals surface area contributed by atoms with Gasteiger partial charge in [-0.25, -0.2) is 22.5 Å². The van der Waals surface area contributed by atoms with E-state index in [1.807, 2.05) is 19.2 Å². The Hall–Kier alpha value is -1.65. The number of hydrogen-bond donors (Lipinski definition) is 2. The molecule has 128 valence electrons. The maximum absolute atomic E-state index is 12.0. The number of nitrogens with zero attached hydrogens (tertiary/aromatic N) is 2. The molecular weight excluding hydrogens is 340 g/mol. The molecule has 0 radical (unpaired) electrons. The summed E-state index contributed by atoms with van der Waals surface area (Å²) in [5.74, 6) is -0.587. The SMILES string of the molecule is CC(C)C(Sc1ccc(S(=O)(=O)N(C)C)cn1)C(=O)NC(N)=O. The quantitative estimate of drug-likeness (QED) is 0.718. The molecule has 1 aromatic rings. The Kier molecular flexibility index (Phi) is 6.54. The summed E-state index contributed by atoms with van der Waals surface area (Å²) in [6.45, 7) is 3.65. The van der Waals surface area contributed by atoms with Crippen LogP contribution in [0.5, 0.6) is 0 Å². The number of nitrogens with two attached hydrogens (primary N) is 1. The second-order valence-electron chi connectivity index (χ2n) is 5.26. The minimum Gasteiger partial charge on any atom is -0.351 e. The van der Waals surface area contributed by atoms with Crippen molar-refractivity contribution in [1.29, 1.82) is 0 Å². The summed E-state index contributed by atoms with van der Waals surface area (Å²) in [6.07, 6.45) is 1.24. The zero-order chi connectivity index (χ0) is 17.8. The molecule has 0 aliphatic rings. The van der Waals surface area contributed by atoms with Crippen LogP contribution in [-0.2, 0) is 14.8 Å². The zero-order valence-corrected chi connectivity index (χ0v) is 14.9. The molecule has 3 amide bonds. The van der Waals surface area contributed by atoms with E-state index < -0.39 is 27.2 Å². The zero-order valence-electron chi connectivity index (χ0n) is 13.3. The predicted octanol–water partition coefficient (Wildman–Crippen LogP) is 0.643. The maximum Gasteiger partial charge on any atom is 0.318 e. The molecule has 0 saturated carbocycles. The molecule has 23 heavy (non-hydrogen) atoms. The molecule has 0 saturated heterocycles. The van der Waals surface area contributed by atoms with Gasteiger partial charge in [-0.15, -0.1) is 0 Å². The van der Waals surface area contributed by atoms with Crippen molar-refractivity contribution in [3.8, 4) is 0 Å². The largest absolute Gasteiger partial charge is 0.351 e. The second-order valence-corrected chi connectivity index (χ2v) is 8.57. The molecule has 0 spiro atoms. The average molecular weight is 360 g/mol. The third-order valence-electron chi connectivity index (χ3n) is 2.85. The number of hydrogen-bond acceptors (Lipinski definition) is 6. The number of sulfonamides is 1. The standard InChI is InChI=1S/C13H20N4O4S2/c1-8(2)11(12(18)16-13(14)19)22-10-6-5-9(7-15-10)23(20,21)17(3)4/h5-8,11H,1-4H3,(H3,14,16,18,19). The van der Waals surface area contributed by atoms with Crippen molar-refractivity contribution in [2.45, 2.75) is 29.0 Å². The van der Waals surface area contributed by atoms with Gasteiger partial charge in [0.1, 0.15) is 4.90 Å². The van der Waals surface area contributed by atoms with E-state index in [-0.39, 0.29) is 10.8 Å². The maximum atomic E-state index is 12.0. The van der Waals surface area contributed by atoms with Crippen LogP contribution in [0, 0.1) is 5.92 Å². The lowest BCUT2D eigenvalue weighted by molar-refractivity contribution is -0.120. The number of primary amides is 1. The molecular formula is C13H20N4O4S2. The van der Waals surface area contributed by atoms with Gasteiger partial charge in [-0.2, -0.15) is 0 Å². The van der Waals surface area contributed by atoms with Crippen LogP contribution < -0.4 is 11.1 Å². The van der Waals surface area contributed by atoms with Crippen LogP contribution >= 0.6 is 11.8 Å². The number of imide groups is 1. The molecule has 8 nitrogen and oxygen atoms in total. The van der Waals surface area contributed by atoms with E-state index in [1.165, 1.54) is 32.4 Å². The van der Waals surface area contributed by atoms with Gasteiger partial charge in [0, 0.05) is 20.3 Å².